The molecule has 0 radical (unpaired) electrons. The van der Waals surface area contributed by atoms with Gasteiger partial charge in [0.25, 0.3) is 0 Å². The van der Waals surface area contributed by atoms with Gasteiger partial charge in [-0.3, -0.25) is 0 Å². The van der Waals surface area contributed by atoms with Gasteiger partial charge in [0.05, 0.1) is 5.69 Å². The molecule has 5 nitrogen and oxygen atoms in total. The molecule has 1 saturated heterocycles. The summed E-state index contributed by atoms with van der Waals surface area (Å²) in [5, 5.41) is 10.1. The Bertz CT molecular complexity index is 447. The molecule has 0 spiro atoms. The molecular formula is C13H21N3O2S. The third kappa shape index (κ3) is 3.45. The Labute approximate surface area is 117 Å². The molecule has 0 unspecified atom stereocenters. The maximum Gasteiger partial charge on any atom is 0.347 e. The SMILES string of the molecule is CCCc1nc(N2CCCN(C)CC2)sc1C(=O)O. The smallest absolute Gasteiger partial charge is 0.347 e. The molecule has 0 amide bonds. The van der Waals surface area contributed by atoms with Crippen molar-refractivity contribution in [1.82, 2.24) is 9.88 Å². The molecule has 1 aromatic heterocycles. The Balaban J connectivity index is 2.19. The summed E-state index contributed by atoms with van der Waals surface area (Å²) < 4.78 is 0. The Morgan fingerprint density at radius 3 is 2.84 bits per heavy atom. The number of carboxylic acid groups (broad SMARTS) is 1. The highest BCUT2D eigenvalue weighted by Gasteiger charge is 2.21. The Kier molecular flexibility index (Phi) is 4.76. The predicted molar refractivity (Wildman–Crippen MR) is 77.4 cm³/mol. The number of carboxylic acids is 1. The number of nitrogens with zero attached hydrogens (tertiary/aromatic N) is 3. The van der Waals surface area contributed by atoms with E-state index in [1.54, 1.807) is 0 Å². The molecule has 6 heteroatoms. The molecule has 19 heavy (non-hydrogen) atoms. The molecule has 1 fully saturated rings. The number of hydrogen-bond donors (Lipinski definition) is 1. The molecule has 2 heterocycles. The number of anilines is 1. The second-order valence-corrected chi connectivity index (χ2v) is 5.95. The number of likely N-dealkylation sites (N-methyl/N-ethyl adjacent to an activating group) is 1. The largest absolute Gasteiger partial charge is 0.477 e. The minimum absolute atomic E-state index is 0.412. The van der Waals surface area contributed by atoms with Gasteiger partial charge in [-0.2, -0.15) is 0 Å². The van der Waals surface area contributed by atoms with E-state index in [1.807, 2.05) is 6.92 Å². The Hall–Kier alpha value is -1.14. The van der Waals surface area contributed by atoms with E-state index in [1.165, 1.54) is 11.3 Å². The number of thiazole rings is 1. The van der Waals surface area contributed by atoms with Gasteiger partial charge in [0, 0.05) is 19.6 Å². The van der Waals surface area contributed by atoms with E-state index in [-0.39, 0.29) is 0 Å². The van der Waals surface area contributed by atoms with Crippen LogP contribution in [0.15, 0.2) is 0 Å². The lowest BCUT2D eigenvalue weighted by molar-refractivity contribution is 0.0700. The average molecular weight is 283 g/mol. The second kappa shape index (κ2) is 6.34. The molecule has 2 rings (SSSR count). The van der Waals surface area contributed by atoms with E-state index in [0.717, 1.165) is 56.3 Å². The van der Waals surface area contributed by atoms with Gasteiger partial charge in [-0.25, -0.2) is 9.78 Å². The van der Waals surface area contributed by atoms with Crippen LogP contribution in [0, 0.1) is 0 Å². The van der Waals surface area contributed by atoms with Crippen LogP contribution in [0.2, 0.25) is 0 Å². The first-order valence-electron chi connectivity index (χ1n) is 6.78. The summed E-state index contributed by atoms with van der Waals surface area (Å²) in [4.78, 5) is 20.8. The van der Waals surface area contributed by atoms with Gasteiger partial charge in [-0.15, -0.1) is 0 Å². The lowest BCUT2D eigenvalue weighted by Gasteiger charge is -2.19. The number of aryl methyl sites for hydroxylation is 1. The van der Waals surface area contributed by atoms with Crippen LogP contribution >= 0.6 is 11.3 Å². The molecule has 0 atom stereocenters. The van der Waals surface area contributed by atoms with Crippen molar-refractivity contribution in [2.45, 2.75) is 26.2 Å². The van der Waals surface area contributed by atoms with E-state index >= 15 is 0 Å². The van der Waals surface area contributed by atoms with Crippen molar-refractivity contribution in [3.05, 3.63) is 10.6 Å². The minimum atomic E-state index is -0.848. The second-order valence-electron chi connectivity index (χ2n) is 4.97. The van der Waals surface area contributed by atoms with E-state index in [4.69, 9.17) is 0 Å². The van der Waals surface area contributed by atoms with Crippen LogP contribution in [-0.4, -0.2) is 54.2 Å². The van der Waals surface area contributed by atoms with E-state index in [2.05, 4.69) is 21.8 Å². The summed E-state index contributed by atoms with van der Waals surface area (Å²) in [7, 11) is 2.12. The summed E-state index contributed by atoms with van der Waals surface area (Å²) >= 11 is 1.32. The predicted octanol–water partition coefficient (Wildman–Crippen LogP) is 1.94. The third-order valence-electron chi connectivity index (χ3n) is 3.36. The first-order valence-corrected chi connectivity index (χ1v) is 7.60. The zero-order chi connectivity index (χ0) is 13.8. The molecule has 1 aromatic rings. The lowest BCUT2D eigenvalue weighted by Crippen LogP contribution is -2.28. The number of hydrogen-bond acceptors (Lipinski definition) is 5. The van der Waals surface area contributed by atoms with E-state index in [9.17, 15) is 9.90 Å². The first-order chi connectivity index (χ1) is 9.11. The highest BCUT2D eigenvalue weighted by Crippen LogP contribution is 2.28. The van der Waals surface area contributed by atoms with Crippen molar-refractivity contribution in [2.24, 2.45) is 0 Å². The highest BCUT2D eigenvalue weighted by molar-refractivity contribution is 7.17. The van der Waals surface area contributed by atoms with Gasteiger partial charge in [-0.1, -0.05) is 24.7 Å². The maximum atomic E-state index is 11.3. The number of rotatable bonds is 4. The van der Waals surface area contributed by atoms with Gasteiger partial charge in [0.1, 0.15) is 4.88 Å². The summed E-state index contributed by atoms with van der Waals surface area (Å²) in [6, 6.07) is 0. The summed E-state index contributed by atoms with van der Waals surface area (Å²) in [5.74, 6) is -0.848. The van der Waals surface area contributed by atoms with Gasteiger partial charge >= 0.3 is 5.97 Å². The average Bonchev–Trinajstić information content (AvgIpc) is 2.66. The topological polar surface area (TPSA) is 56.7 Å². The molecule has 0 aliphatic carbocycles. The van der Waals surface area contributed by atoms with Crippen LogP contribution in [-0.2, 0) is 6.42 Å². The Morgan fingerprint density at radius 1 is 1.37 bits per heavy atom. The maximum absolute atomic E-state index is 11.3. The highest BCUT2D eigenvalue weighted by atomic mass is 32.1. The Morgan fingerprint density at radius 2 is 2.16 bits per heavy atom. The summed E-state index contributed by atoms with van der Waals surface area (Å²) in [5.41, 5.74) is 0.743. The molecule has 0 saturated carbocycles. The monoisotopic (exact) mass is 283 g/mol. The zero-order valence-electron chi connectivity index (χ0n) is 11.6. The summed E-state index contributed by atoms with van der Waals surface area (Å²) in [6.45, 7) is 6.03. The van der Waals surface area contributed by atoms with Crippen molar-refractivity contribution in [3.63, 3.8) is 0 Å². The fourth-order valence-corrected chi connectivity index (χ4v) is 3.29. The fraction of sp³-hybridized carbons (Fsp3) is 0.692. The van der Waals surface area contributed by atoms with Crippen molar-refractivity contribution in [3.8, 4) is 0 Å². The van der Waals surface area contributed by atoms with Gasteiger partial charge in [-0.05, 0) is 26.4 Å². The minimum Gasteiger partial charge on any atom is -0.477 e. The standard InChI is InChI=1S/C13H21N3O2S/c1-3-5-10-11(12(17)18)19-13(14-10)16-7-4-6-15(2)8-9-16/h3-9H2,1-2H3,(H,17,18). The van der Waals surface area contributed by atoms with Crippen molar-refractivity contribution in [2.75, 3.05) is 38.1 Å². The van der Waals surface area contributed by atoms with Gasteiger partial charge in [0.2, 0.25) is 0 Å². The zero-order valence-corrected chi connectivity index (χ0v) is 12.4. The first kappa shape index (κ1) is 14.3. The van der Waals surface area contributed by atoms with Gasteiger partial charge in [0.15, 0.2) is 5.13 Å². The van der Waals surface area contributed by atoms with Crippen LogP contribution in [0.25, 0.3) is 0 Å². The molecular weight excluding hydrogens is 262 g/mol. The lowest BCUT2D eigenvalue weighted by atomic mass is 10.2. The number of aromatic carboxylic acids is 1. The molecule has 1 N–H and O–H groups in total. The van der Waals surface area contributed by atoms with Crippen LogP contribution in [0.3, 0.4) is 0 Å². The molecule has 106 valence electrons. The van der Waals surface area contributed by atoms with Crippen LogP contribution in [0.4, 0.5) is 5.13 Å². The summed E-state index contributed by atoms with van der Waals surface area (Å²) in [6.07, 6.45) is 2.76. The van der Waals surface area contributed by atoms with Gasteiger partial charge < -0.3 is 14.9 Å². The quantitative estimate of drug-likeness (QED) is 0.915. The molecule has 0 aromatic carbocycles. The van der Waals surface area contributed by atoms with Crippen molar-refractivity contribution < 1.29 is 9.90 Å². The van der Waals surface area contributed by atoms with Crippen LogP contribution in [0.5, 0.6) is 0 Å². The van der Waals surface area contributed by atoms with E-state index < -0.39 is 5.97 Å². The van der Waals surface area contributed by atoms with E-state index in [0.29, 0.717) is 4.88 Å². The fourth-order valence-electron chi connectivity index (χ4n) is 2.29. The van der Waals surface area contributed by atoms with Crippen molar-refractivity contribution in [1.29, 1.82) is 0 Å². The molecule has 1 aliphatic rings. The van der Waals surface area contributed by atoms with Crippen molar-refractivity contribution >= 4 is 22.4 Å². The normalized spacial score (nSPS) is 17.5. The molecule has 1 aliphatic heterocycles. The molecule has 0 bridgehead atoms. The van der Waals surface area contributed by atoms with Crippen LogP contribution < -0.4 is 4.90 Å². The van der Waals surface area contributed by atoms with Crippen LogP contribution in [0.1, 0.15) is 35.1 Å². The number of carbonyl (C=O) groups is 1. The number of aromatic nitrogens is 1. The third-order valence-corrected chi connectivity index (χ3v) is 4.50.